The molecule has 0 radical (unpaired) electrons. The molecule has 2 saturated carbocycles. The van der Waals surface area contributed by atoms with Crippen LogP contribution in [0.2, 0.25) is 5.02 Å². The van der Waals surface area contributed by atoms with Crippen LogP contribution in [0, 0.1) is 11.8 Å². The van der Waals surface area contributed by atoms with Gasteiger partial charge in [0.2, 0.25) is 0 Å². The minimum absolute atomic E-state index is 0.675. The standard InChI is InChI=1S/C17H24ClN/c1-12-6-7-13(8-12)11-19-15-9-14(10-15)16-4-2-3-5-17(16)18/h2-5,12-15,19H,6-11H2,1H3. The van der Waals surface area contributed by atoms with Gasteiger partial charge in [0.15, 0.2) is 0 Å². The van der Waals surface area contributed by atoms with Crippen LogP contribution in [0.15, 0.2) is 24.3 Å². The van der Waals surface area contributed by atoms with Crippen LogP contribution in [0.1, 0.15) is 50.5 Å². The van der Waals surface area contributed by atoms with Crippen LogP contribution in [0.3, 0.4) is 0 Å². The SMILES string of the molecule is CC1CCC(CNC2CC(c3ccccc3Cl)C2)C1. The largest absolute Gasteiger partial charge is 0.314 e. The van der Waals surface area contributed by atoms with Crippen LogP contribution in [0.4, 0.5) is 0 Å². The Morgan fingerprint density at radius 2 is 1.95 bits per heavy atom. The fourth-order valence-electron chi connectivity index (χ4n) is 3.69. The van der Waals surface area contributed by atoms with Gasteiger partial charge in [0.1, 0.15) is 0 Å². The molecule has 2 unspecified atom stereocenters. The van der Waals surface area contributed by atoms with Crippen molar-refractivity contribution in [2.45, 2.75) is 51.0 Å². The van der Waals surface area contributed by atoms with Gasteiger partial charge in [-0.1, -0.05) is 43.1 Å². The predicted molar refractivity (Wildman–Crippen MR) is 81.7 cm³/mol. The lowest BCUT2D eigenvalue weighted by Gasteiger charge is -2.37. The third kappa shape index (κ3) is 3.14. The highest BCUT2D eigenvalue weighted by Gasteiger charge is 2.32. The molecule has 0 heterocycles. The van der Waals surface area contributed by atoms with Gasteiger partial charge in [-0.2, -0.15) is 0 Å². The Morgan fingerprint density at radius 1 is 1.16 bits per heavy atom. The summed E-state index contributed by atoms with van der Waals surface area (Å²) in [5, 5.41) is 4.70. The number of hydrogen-bond donors (Lipinski definition) is 1. The van der Waals surface area contributed by atoms with Gasteiger partial charge < -0.3 is 5.32 Å². The smallest absolute Gasteiger partial charge is 0.0440 e. The second-order valence-electron chi connectivity index (χ2n) is 6.58. The second-order valence-corrected chi connectivity index (χ2v) is 6.99. The maximum Gasteiger partial charge on any atom is 0.0440 e. The van der Waals surface area contributed by atoms with E-state index in [1.54, 1.807) is 0 Å². The molecule has 1 aromatic rings. The number of halogens is 1. The topological polar surface area (TPSA) is 12.0 Å². The molecule has 0 amide bonds. The molecule has 1 nitrogen and oxygen atoms in total. The lowest BCUT2D eigenvalue weighted by atomic mass is 9.75. The summed E-state index contributed by atoms with van der Waals surface area (Å²) < 4.78 is 0. The van der Waals surface area contributed by atoms with Crippen LogP contribution in [-0.2, 0) is 0 Å². The zero-order valence-electron chi connectivity index (χ0n) is 11.7. The van der Waals surface area contributed by atoms with Crippen molar-refractivity contribution in [2.24, 2.45) is 11.8 Å². The third-order valence-corrected chi connectivity index (χ3v) is 5.33. The highest BCUT2D eigenvalue weighted by molar-refractivity contribution is 6.31. The summed E-state index contributed by atoms with van der Waals surface area (Å²) >= 11 is 6.26. The minimum Gasteiger partial charge on any atom is -0.314 e. The second kappa shape index (κ2) is 5.85. The first-order chi connectivity index (χ1) is 9.22. The summed E-state index contributed by atoms with van der Waals surface area (Å²) in [6.07, 6.45) is 6.79. The van der Waals surface area contributed by atoms with Crippen molar-refractivity contribution in [2.75, 3.05) is 6.54 Å². The molecule has 2 atom stereocenters. The normalized spacial score (nSPS) is 34.2. The molecule has 2 aliphatic carbocycles. The number of hydrogen-bond acceptors (Lipinski definition) is 1. The summed E-state index contributed by atoms with van der Waals surface area (Å²) in [4.78, 5) is 0. The minimum atomic E-state index is 0.675. The van der Waals surface area contributed by atoms with E-state index in [-0.39, 0.29) is 0 Å². The summed E-state index contributed by atoms with van der Waals surface area (Å²) in [6, 6.07) is 9.03. The Hall–Kier alpha value is -0.530. The van der Waals surface area contributed by atoms with Gasteiger partial charge in [0.25, 0.3) is 0 Å². The summed E-state index contributed by atoms with van der Waals surface area (Å²) in [5.74, 6) is 2.55. The number of nitrogens with one attached hydrogen (secondary N) is 1. The van der Waals surface area contributed by atoms with Crippen molar-refractivity contribution in [1.82, 2.24) is 5.32 Å². The Bertz CT molecular complexity index is 425. The fraction of sp³-hybridized carbons (Fsp3) is 0.647. The Morgan fingerprint density at radius 3 is 2.63 bits per heavy atom. The van der Waals surface area contributed by atoms with E-state index in [4.69, 9.17) is 11.6 Å². The quantitative estimate of drug-likeness (QED) is 0.847. The highest BCUT2D eigenvalue weighted by atomic mass is 35.5. The highest BCUT2D eigenvalue weighted by Crippen LogP contribution is 2.40. The monoisotopic (exact) mass is 277 g/mol. The predicted octanol–water partition coefficient (Wildman–Crippen LogP) is 4.61. The van der Waals surface area contributed by atoms with Crippen molar-refractivity contribution in [3.05, 3.63) is 34.9 Å². The molecule has 0 bridgehead atoms. The van der Waals surface area contributed by atoms with Gasteiger partial charge in [-0.05, 0) is 61.6 Å². The first kappa shape index (κ1) is 13.5. The van der Waals surface area contributed by atoms with Crippen molar-refractivity contribution < 1.29 is 0 Å². The van der Waals surface area contributed by atoms with Gasteiger partial charge in [0, 0.05) is 11.1 Å². The molecule has 1 aromatic carbocycles. The molecule has 19 heavy (non-hydrogen) atoms. The lowest BCUT2D eigenvalue weighted by Crippen LogP contribution is -2.42. The maximum atomic E-state index is 6.26. The average Bonchev–Trinajstić information content (AvgIpc) is 2.75. The maximum absolute atomic E-state index is 6.26. The molecule has 1 N–H and O–H groups in total. The van der Waals surface area contributed by atoms with E-state index in [1.807, 2.05) is 12.1 Å². The van der Waals surface area contributed by atoms with Crippen molar-refractivity contribution in [3.8, 4) is 0 Å². The van der Waals surface area contributed by atoms with Crippen molar-refractivity contribution >= 4 is 11.6 Å². The van der Waals surface area contributed by atoms with Crippen LogP contribution >= 0.6 is 11.6 Å². The van der Waals surface area contributed by atoms with Gasteiger partial charge in [0.05, 0.1) is 0 Å². The Labute approximate surface area is 121 Å². The third-order valence-electron chi connectivity index (χ3n) is 4.98. The molecular weight excluding hydrogens is 254 g/mol. The van der Waals surface area contributed by atoms with E-state index >= 15 is 0 Å². The van der Waals surface area contributed by atoms with E-state index in [0.717, 1.165) is 22.9 Å². The molecule has 104 valence electrons. The van der Waals surface area contributed by atoms with Crippen LogP contribution in [-0.4, -0.2) is 12.6 Å². The Kier molecular flexibility index (Phi) is 4.14. The summed E-state index contributed by atoms with van der Waals surface area (Å²) in [7, 11) is 0. The van der Waals surface area contributed by atoms with E-state index < -0.39 is 0 Å². The van der Waals surface area contributed by atoms with E-state index in [0.29, 0.717) is 5.92 Å². The van der Waals surface area contributed by atoms with Crippen LogP contribution in [0.25, 0.3) is 0 Å². The zero-order valence-corrected chi connectivity index (χ0v) is 12.5. The molecule has 0 saturated heterocycles. The molecule has 3 rings (SSSR count). The molecule has 0 aromatic heterocycles. The first-order valence-electron chi connectivity index (χ1n) is 7.70. The summed E-state index contributed by atoms with van der Waals surface area (Å²) in [6.45, 7) is 3.61. The first-order valence-corrected chi connectivity index (χ1v) is 8.08. The van der Waals surface area contributed by atoms with Crippen LogP contribution in [0.5, 0.6) is 0 Å². The Balaban J connectivity index is 1.42. The molecule has 2 heteroatoms. The zero-order chi connectivity index (χ0) is 13.2. The lowest BCUT2D eigenvalue weighted by molar-refractivity contribution is 0.275. The number of benzene rings is 1. The van der Waals surface area contributed by atoms with Gasteiger partial charge in [-0.15, -0.1) is 0 Å². The molecule has 0 aliphatic heterocycles. The molecule has 0 spiro atoms. The van der Waals surface area contributed by atoms with E-state index in [2.05, 4.69) is 24.4 Å². The fourth-order valence-corrected chi connectivity index (χ4v) is 3.98. The number of rotatable bonds is 4. The van der Waals surface area contributed by atoms with Gasteiger partial charge >= 0.3 is 0 Å². The van der Waals surface area contributed by atoms with E-state index in [9.17, 15) is 0 Å². The van der Waals surface area contributed by atoms with Crippen molar-refractivity contribution in [3.63, 3.8) is 0 Å². The molecule has 2 fully saturated rings. The van der Waals surface area contributed by atoms with Gasteiger partial charge in [-0.3, -0.25) is 0 Å². The van der Waals surface area contributed by atoms with Gasteiger partial charge in [-0.25, -0.2) is 0 Å². The van der Waals surface area contributed by atoms with Crippen LogP contribution < -0.4 is 5.32 Å². The van der Waals surface area contributed by atoms with Crippen molar-refractivity contribution in [1.29, 1.82) is 0 Å². The molecule has 2 aliphatic rings. The summed E-state index contributed by atoms with van der Waals surface area (Å²) in [5.41, 5.74) is 1.34. The van der Waals surface area contributed by atoms with E-state index in [1.165, 1.54) is 44.2 Å². The average molecular weight is 278 g/mol. The molecular formula is C17H24ClN.